The lowest BCUT2D eigenvalue weighted by Gasteiger charge is -2.34. The first-order chi connectivity index (χ1) is 16.6. The lowest BCUT2D eigenvalue weighted by Crippen LogP contribution is -2.54. The molecule has 0 spiro atoms. The highest BCUT2D eigenvalue weighted by Gasteiger charge is 2.35. The van der Waals surface area contributed by atoms with Crippen molar-refractivity contribution in [2.24, 2.45) is 0 Å². The number of carbonyl (C=O) groups excluding carboxylic acids is 3. The van der Waals surface area contributed by atoms with Gasteiger partial charge < -0.3 is 25.4 Å². The second kappa shape index (κ2) is 15.2. The molecule has 3 amide bonds. The number of amides is 3. The summed E-state index contributed by atoms with van der Waals surface area (Å²) in [4.78, 5) is 40.9. The van der Waals surface area contributed by atoms with Gasteiger partial charge in [0.1, 0.15) is 17.7 Å². The quantitative estimate of drug-likeness (QED) is 0.340. The number of aliphatic hydroxyl groups excluding tert-OH is 1. The predicted molar refractivity (Wildman–Crippen MR) is 139 cm³/mol. The van der Waals surface area contributed by atoms with E-state index >= 15 is 0 Å². The minimum Gasteiger partial charge on any atom is -0.444 e. The number of hydrogen-bond acceptors (Lipinski definition) is 5. The number of unbranched alkanes of at least 4 members (excludes halogenated alkanes) is 3. The van der Waals surface area contributed by atoms with Crippen LogP contribution in [0.1, 0.15) is 83.9 Å². The summed E-state index contributed by atoms with van der Waals surface area (Å²) in [7, 11) is 0. The Labute approximate surface area is 210 Å². The van der Waals surface area contributed by atoms with Crippen LogP contribution in [-0.2, 0) is 14.3 Å². The molecule has 8 heteroatoms. The Morgan fingerprint density at radius 2 is 1.83 bits per heavy atom. The maximum absolute atomic E-state index is 13.7. The third kappa shape index (κ3) is 10.5. The minimum atomic E-state index is -1.25. The summed E-state index contributed by atoms with van der Waals surface area (Å²) in [6, 6.07) is 5.13. The van der Waals surface area contributed by atoms with Gasteiger partial charge in [-0.25, -0.2) is 4.79 Å². The second-order valence-corrected chi connectivity index (χ2v) is 9.54. The average Bonchev–Trinajstić information content (AvgIpc) is 2.80. The maximum Gasteiger partial charge on any atom is 0.408 e. The zero-order valence-electron chi connectivity index (χ0n) is 21.9. The first kappa shape index (κ1) is 30.2. The molecule has 0 aromatic heterocycles. The Balaban J connectivity index is 3.38. The molecule has 0 aliphatic rings. The standard InChI is InChI=1S/C27H43N3O5/c1-7-10-12-17-30(25(33)22(19-31)29-26(34)35-27(4,5)6)23(24(32)28-16-11-8-2)21-15-13-14-20(9-3)18-21/h9,13-15,18,22-23,31H,3,7-8,10-12,16-17,19H2,1-2,4-6H3,(H,28,32)(H,29,34). The van der Waals surface area contributed by atoms with Gasteiger partial charge in [-0.2, -0.15) is 0 Å². The van der Waals surface area contributed by atoms with Crippen molar-refractivity contribution >= 4 is 24.0 Å². The average molecular weight is 490 g/mol. The van der Waals surface area contributed by atoms with Gasteiger partial charge in [0.05, 0.1) is 6.61 Å². The number of ether oxygens (including phenoxy) is 1. The number of carbonyl (C=O) groups is 3. The molecule has 8 nitrogen and oxygen atoms in total. The number of alkyl carbamates (subject to hydrolysis) is 1. The van der Waals surface area contributed by atoms with Crippen molar-refractivity contribution in [1.29, 1.82) is 0 Å². The van der Waals surface area contributed by atoms with E-state index in [1.165, 1.54) is 4.90 Å². The van der Waals surface area contributed by atoms with Crippen molar-refractivity contribution in [3.8, 4) is 0 Å². The van der Waals surface area contributed by atoms with Crippen LogP contribution in [0.4, 0.5) is 4.79 Å². The largest absolute Gasteiger partial charge is 0.444 e. The summed E-state index contributed by atoms with van der Waals surface area (Å²) in [6.07, 6.45) is 5.07. The van der Waals surface area contributed by atoms with Gasteiger partial charge in [-0.15, -0.1) is 0 Å². The van der Waals surface area contributed by atoms with Crippen LogP contribution in [0.15, 0.2) is 30.8 Å². The van der Waals surface area contributed by atoms with Gasteiger partial charge in [-0.3, -0.25) is 9.59 Å². The van der Waals surface area contributed by atoms with Gasteiger partial charge >= 0.3 is 6.09 Å². The maximum atomic E-state index is 13.7. The molecule has 1 aromatic carbocycles. The van der Waals surface area contributed by atoms with E-state index in [0.29, 0.717) is 25.1 Å². The second-order valence-electron chi connectivity index (χ2n) is 9.54. The molecule has 2 atom stereocenters. The van der Waals surface area contributed by atoms with Gasteiger partial charge in [0, 0.05) is 13.1 Å². The number of rotatable bonds is 14. The third-order valence-corrected chi connectivity index (χ3v) is 5.31. The summed E-state index contributed by atoms with van der Waals surface area (Å²) in [5, 5.41) is 15.4. The van der Waals surface area contributed by atoms with Crippen molar-refractivity contribution in [2.75, 3.05) is 19.7 Å². The molecule has 0 bridgehead atoms. The lowest BCUT2D eigenvalue weighted by molar-refractivity contribution is -0.143. The summed E-state index contributed by atoms with van der Waals surface area (Å²) < 4.78 is 5.26. The Hall–Kier alpha value is -2.87. The number of hydrogen-bond donors (Lipinski definition) is 3. The molecular formula is C27H43N3O5. The highest BCUT2D eigenvalue weighted by atomic mass is 16.6. The van der Waals surface area contributed by atoms with E-state index < -0.39 is 36.3 Å². The van der Waals surface area contributed by atoms with Crippen LogP contribution < -0.4 is 10.6 Å². The van der Waals surface area contributed by atoms with Crippen molar-refractivity contribution in [1.82, 2.24) is 15.5 Å². The smallest absolute Gasteiger partial charge is 0.408 e. The van der Waals surface area contributed by atoms with E-state index in [0.717, 1.165) is 31.2 Å². The Morgan fingerprint density at radius 1 is 1.14 bits per heavy atom. The molecule has 0 fully saturated rings. The molecule has 0 heterocycles. The van der Waals surface area contributed by atoms with Crippen LogP contribution in [0.5, 0.6) is 0 Å². The molecule has 1 rings (SSSR count). The lowest BCUT2D eigenvalue weighted by atomic mass is 10.00. The zero-order chi connectivity index (χ0) is 26.4. The van der Waals surface area contributed by atoms with Crippen LogP contribution in [-0.4, -0.2) is 59.3 Å². The van der Waals surface area contributed by atoms with Crippen LogP contribution in [0.3, 0.4) is 0 Å². The van der Waals surface area contributed by atoms with E-state index in [1.807, 2.05) is 25.1 Å². The first-order valence-corrected chi connectivity index (χ1v) is 12.5. The summed E-state index contributed by atoms with van der Waals surface area (Å²) in [5.41, 5.74) is 0.691. The Morgan fingerprint density at radius 3 is 2.40 bits per heavy atom. The van der Waals surface area contributed by atoms with Gasteiger partial charge in [-0.05, 0) is 50.8 Å². The molecular weight excluding hydrogens is 446 g/mol. The van der Waals surface area contributed by atoms with Gasteiger partial charge in [0.2, 0.25) is 11.8 Å². The third-order valence-electron chi connectivity index (χ3n) is 5.31. The van der Waals surface area contributed by atoms with E-state index in [9.17, 15) is 19.5 Å². The number of aliphatic hydroxyl groups is 1. The molecule has 0 saturated carbocycles. The highest BCUT2D eigenvalue weighted by molar-refractivity contribution is 5.92. The monoisotopic (exact) mass is 489 g/mol. The highest BCUT2D eigenvalue weighted by Crippen LogP contribution is 2.25. The fraction of sp³-hybridized carbons (Fsp3) is 0.593. The molecule has 0 aliphatic heterocycles. The summed E-state index contributed by atoms with van der Waals surface area (Å²) >= 11 is 0. The predicted octanol–water partition coefficient (Wildman–Crippen LogP) is 4.19. The fourth-order valence-corrected chi connectivity index (χ4v) is 3.55. The van der Waals surface area contributed by atoms with Crippen LogP contribution in [0.2, 0.25) is 0 Å². The number of nitrogens with one attached hydrogen (secondary N) is 2. The van der Waals surface area contributed by atoms with E-state index in [-0.39, 0.29) is 5.91 Å². The SMILES string of the molecule is C=Cc1cccc(C(C(=O)NCCCC)N(CCCCC)C(=O)C(CO)NC(=O)OC(C)(C)C)c1. The minimum absolute atomic E-state index is 0.295. The first-order valence-electron chi connectivity index (χ1n) is 12.5. The Kier molecular flexibility index (Phi) is 13.1. The molecule has 35 heavy (non-hydrogen) atoms. The van der Waals surface area contributed by atoms with Crippen LogP contribution in [0, 0.1) is 0 Å². The summed E-state index contributed by atoms with van der Waals surface area (Å²) in [5.74, 6) is -0.854. The van der Waals surface area contributed by atoms with Crippen molar-refractivity contribution in [2.45, 2.75) is 84.4 Å². The van der Waals surface area contributed by atoms with Crippen LogP contribution >= 0.6 is 0 Å². The van der Waals surface area contributed by atoms with E-state index in [4.69, 9.17) is 4.74 Å². The van der Waals surface area contributed by atoms with E-state index in [2.05, 4.69) is 24.1 Å². The molecule has 2 unspecified atom stereocenters. The zero-order valence-corrected chi connectivity index (χ0v) is 21.9. The Bertz CT molecular complexity index is 834. The number of benzene rings is 1. The molecule has 3 N–H and O–H groups in total. The van der Waals surface area contributed by atoms with Crippen molar-refractivity contribution in [3.63, 3.8) is 0 Å². The van der Waals surface area contributed by atoms with Gasteiger partial charge in [-0.1, -0.05) is 64.0 Å². The van der Waals surface area contributed by atoms with Gasteiger partial charge in [0.15, 0.2) is 0 Å². The summed E-state index contributed by atoms with van der Waals surface area (Å²) in [6.45, 7) is 13.2. The molecule has 0 aliphatic carbocycles. The topological polar surface area (TPSA) is 108 Å². The fourth-order valence-electron chi connectivity index (χ4n) is 3.55. The van der Waals surface area contributed by atoms with Crippen molar-refractivity contribution in [3.05, 3.63) is 42.0 Å². The van der Waals surface area contributed by atoms with Crippen LogP contribution in [0.25, 0.3) is 6.08 Å². The molecule has 0 saturated heterocycles. The van der Waals surface area contributed by atoms with E-state index in [1.54, 1.807) is 32.9 Å². The molecule has 1 aromatic rings. The normalized spacial score (nSPS) is 12.9. The molecule has 0 radical (unpaired) electrons. The number of nitrogens with zero attached hydrogens (tertiary/aromatic N) is 1. The molecule has 196 valence electrons. The van der Waals surface area contributed by atoms with Gasteiger partial charge in [0.25, 0.3) is 0 Å². The van der Waals surface area contributed by atoms with Crippen molar-refractivity contribution < 1.29 is 24.2 Å².